The van der Waals surface area contributed by atoms with Crippen molar-refractivity contribution in [3.8, 4) is 0 Å². The number of hydrogen-bond acceptors (Lipinski definition) is 6. The molecule has 6 nitrogen and oxygen atoms in total. The molecule has 0 unspecified atom stereocenters. The molecular weight excluding hydrogens is 404 g/mol. The average Bonchev–Trinajstić information content (AvgIpc) is 3.41. The monoisotopic (exact) mass is 422 g/mol. The highest BCUT2D eigenvalue weighted by Crippen LogP contribution is 2.27. The second-order valence-electron chi connectivity index (χ2n) is 6.93. The molecule has 0 aliphatic heterocycles. The first-order valence-corrected chi connectivity index (χ1v) is 11.0. The summed E-state index contributed by atoms with van der Waals surface area (Å²) in [4.78, 5) is 27.8. The van der Waals surface area contributed by atoms with Crippen molar-refractivity contribution in [3.63, 3.8) is 0 Å². The van der Waals surface area contributed by atoms with Crippen molar-refractivity contribution >= 4 is 44.3 Å². The average molecular weight is 423 g/mol. The predicted octanol–water partition coefficient (Wildman–Crippen LogP) is 4.88. The molecule has 0 saturated heterocycles. The number of H-pyrrole nitrogens is 1. The highest BCUT2D eigenvalue weighted by Gasteiger charge is 2.16. The van der Waals surface area contributed by atoms with Crippen LogP contribution >= 0.6 is 23.1 Å². The van der Waals surface area contributed by atoms with Crippen molar-refractivity contribution in [2.45, 2.75) is 31.3 Å². The van der Waals surface area contributed by atoms with E-state index in [0.29, 0.717) is 22.8 Å². The van der Waals surface area contributed by atoms with Crippen LogP contribution in [0.5, 0.6) is 0 Å². The van der Waals surface area contributed by atoms with E-state index in [0.717, 1.165) is 32.3 Å². The minimum atomic E-state index is -0.0431. The first-order valence-electron chi connectivity index (χ1n) is 9.18. The van der Waals surface area contributed by atoms with Crippen LogP contribution in [0.1, 0.15) is 22.0 Å². The molecule has 0 radical (unpaired) electrons. The smallest absolute Gasteiger partial charge is 0.263 e. The molecule has 29 heavy (non-hydrogen) atoms. The molecular formula is C21H18N4O2S2. The fourth-order valence-corrected chi connectivity index (χ4v) is 5.09. The quantitative estimate of drug-likeness (QED) is 0.322. The number of aromatic amines is 1. The molecule has 8 heteroatoms. The number of nitrogens with one attached hydrogen (secondary N) is 1. The summed E-state index contributed by atoms with van der Waals surface area (Å²) in [7, 11) is 0. The Kier molecular flexibility index (Phi) is 4.52. The minimum Gasteiger partial charge on any atom is -0.467 e. The summed E-state index contributed by atoms with van der Waals surface area (Å²) in [5, 5.41) is 1.32. The number of rotatable bonds is 5. The molecule has 5 aromatic rings. The summed E-state index contributed by atoms with van der Waals surface area (Å²) in [5.41, 5.74) is 3.11. The molecule has 0 fully saturated rings. The molecule has 0 saturated carbocycles. The summed E-state index contributed by atoms with van der Waals surface area (Å²) in [5.74, 6) is 2.17. The molecule has 0 spiro atoms. The summed E-state index contributed by atoms with van der Waals surface area (Å²) in [6, 6.07) is 11.7. The van der Waals surface area contributed by atoms with E-state index in [1.54, 1.807) is 10.8 Å². The second kappa shape index (κ2) is 7.20. The molecule has 5 rings (SSSR count). The van der Waals surface area contributed by atoms with Gasteiger partial charge in [0.25, 0.3) is 5.56 Å². The van der Waals surface area contributed by atoms with Crippen LogP contribution in [0, 0.1) is 13.8 Å². The van der Waals surface area contributed by atoms with Gasteiger partial charge in [0.15, 0.2) is 5.16 Å². The Hall–Kier alpha value is -2.84. The third-order valence-corrected chi connectivity index (χ3v) is 6.59. The van der Waals surface area contributed by atoms with Gasteiger partial charge in [0.05, 0.1) is 35.0 Å². The Morgan fingerprint density at radius 1 is 1.21 bits per heavy atom. The molecule has 146 valence electrons. The van der Waals surface area contributed by atoms with Gasteiger partial charge in [-0.3, -0.25) is 9.36 Å². The lowest BCUT2D eigenvalue weighted by atomic mass is 10.2. The number of benzene rings is 1. The van der Waals surface area contributed by atoms with Gasteiger partial charge in [-0.05, 0) is 49.7 Å². The fraction of sp³-hybridized carbons (Fsp3) is 0.190. The molecule has 0 bridgehead atoms. The van der Waals surface area contributed by atoms with Gasteiger partial charge in [0, 0.05) is 4.88 Å². The van der Waals surface area contributed by atoms with Crippen LogP contribution in [0.4, 0.5) is 0 Å². The lowest BCUT2D eigenvalue weighted by molar-refractivity contribution is 0.477. The summed E-state index contributed by atoms with van der Waals surface area (Å²) < 4.78 is 7.15. The molecule has 4 heterocycles. The molecule has 0 atom stereocenters. The highest BCUT2D eigenvalue weighted by molar-refractivity contribution is 7.98. The number of aromatic nitrogens is 4. The van der Waals surface area contributed by atoms with Crippen molar-refractivity contribution in [1.82, 2.24) is 19.5 Å². The Balaban J connectivity index is 1.52. The lowest BCUT2D eigenvalue weighted by Crippen LogP contribution is -2.23. The summed E-state index contributed by atoms with van der Waals surface area (Å²) in [6.07, 6.45) is 1.62. The molecule has 1 N–H and O–H groups in total. The number of nitrogens with zero attached hydrogens (tertiary/aromatic N) is 3. The van der Waals surface area contributed by atoms with Crippen LogP contribution in [-0.4, -0.2) is 19.5 Å². The molecule has 0 amide bonds. The van der Waals surface area contributed by atoms with Gasteiger partial charge < -0.3 is 9.40 Å². The standard InChI is InChI=1S/C21H18N4O2S2/c1-12-5-6-16-17(8-12)23-18(22-16)11-28-21-24-19-15(9-13(2)29-19)20(26)25(21)10-14-4-3-7-27-14/h3-9H,10-11H2,1-2H3,(H,22,23). The van der Waals surface area contributed by atoms with E-state index in [-0.39, 0.29) is 5.56 Å². The van der Waals surface area contributed by atoms with E-state index in [1.807, 2.05) is 31.2 Å². The van der Waals surface area contributed by atoms with E-state index in [1.165, 1.54) is 28.7 Å². The first kappa shape index (κ1) is 18.2. The van der Waals surface area contributed by atoms with Gasteiger partial charge in [0.2, 0.25) is 0 Å². The Morgan fingerprint density at radius 3 is 2.93 bits per heavy atom. The summed E-state index contributed by atoms with van der Waals surface area (Å²) >= 11 is 3.04. The van der Waals surface area contributed by atoms with Gasteiger partial charge in [-0.15, -0.1) is 11.3 Å². The van der Waals surface area contributed by atoms with Gasteiger partial charge in [0.1, 0.15) is 16.4 Å². The number of fused-ring (bicyclic) bond motifs is 2. The van der Waals surface area contributed by atoms with E-state index in [4.69, 9.17) is 9.40 Å². The van der Waals surface area contributed by atoms with Crippen LogP contribution in [0.2, 0.25) is 0 Å². The van der Waals surface area contributed by atoms with Crippen LogP contribution in [0.25, 0.3) is 21.3 Å². The lowest BCUT2D eigenvalue weighted by Gasteiger charge is -2.10. The number of thioether (sulfide) groups is 1. The van der Waals surface area contributed by atoms with Gasteiger partial charge in [-0.1, -0.05) is 17.8 Å². The zero-order valence-corrected chi connectivity index (χ0v) is 17.6. The molecule has 0 aliphatic rings. The SMILES string of the molecule is Cc1ccc2nc(CSc3nc4sc(C)cc4c(=O)n3Cc3ccco3)[nH]c2c1. The van der Waals surface area contributed by atoms with Gasteiger partial charge in [-0.2, -0.15) is 0 Å². The third-order valence-electron chi connectivity index (χ3n) is 4.66. The van der Waals surface area contributed by atoms with Crippen LogP contribution in [0.15, 0.2) is 57.0 Å². The molecule has 4 aromatic heterocycles. The Bertz CT molecular complexity index is 1380. The van der Waals surface area contributed by atoms with E-state index < -0.39 is 0 Å². The van der Waals surface area contributed by atoms with E-state index >= 15 is 0 Å². The zero-order chi connectivity index (χ0) is 20.0. The number of furan rings is 1. The predicted molar refractivity (Wildman–Crippen MR) is 117 cm³/mol. The maximum absolute atomic E-state index is 13.1. The Morgan fingerprint density at radius 2 is 2.10 bits per heavy atom. The van der Waals surface area contributed by atoms with Gasteiger partial charge in [-0.25, -0.2) is 9.97 Å². The van der Waals surface area contributed by atoms with E-state index in [2.05, 4.69) is 29.0 Å². The number of imidazole rings is 1. The van der Waals surface area contributed by atoms with Crippen molar-refractivity contribution in [2.75, 3.05) is 0 Å². The minimum absolute atomic E-state index is 0.0431. The van der Waals surface area contributed by atoms with Crippen LogP contribution in [-0.2, 0) is 12.3 Å². The van der Waals surface area contributed by atoms with Crippen LogP contribution < -0.4 is 5.56 Å². The topological polar surface area (TPSA) is 76.7 Å². The number of aryl methyl sites for hydroxylation is 2. The number of thiophene rings is 1. The maximum atomic E-state index is 13.1. The molecule has 0 aliphatic carbocycles. The summed E-state index contributed by atoms with van der Waals surface area (Å²) in [6.45, 7) is 4.40. The van der Waals surface area contributed by atoms with Crippen molar-refractivity contribution in [3.05, 3.63) is 75.0 Å². The normalized spacial score (nSPS) is 11.7. The van der Waals surface area contributed by atoms with Crippen molar-refractivity contribution in [2.24, 2.45) is 0 Å². The maximum Gasteiger partial charge on any atom is 0.263 e. The van der Waals surface area contributed by atoms with Crippen LogP contribution in [0.3, 0.4) is 0 Å². The second-order valence-corrected chi connectivity index (χ2v) is 9.11. The zero-order valence-electron chi connectivity index (χ0n) is 15.9. The number of hydrogen-bond donors (Lipinski definition) is 1. The Labute approximate surface area is 174 Å². The van der Waals surface area contributed by atoms with Crippen molar-refractivity contribution < 1.29 is 4.42 Å². The van der Waals surface area contributed by atoms with Crippen molar-refractivity contribution in [1.29, 1.82) is 0 Å². The first-order chi connectivity index (χ1) is 14.1. The van der Waals surface area contributed by atoms with Gasteiger partial charge >= 0.3 is 0 Å². The largest absolute Gasteiger partial charge is 0.467 e. The molecule has 1 aromatic carbocycles. The highest BCUT2D eigenvalue weighted by atomic mass is 32.2. The third kappa shape index (κ3) is 3.49. The van der Waals surface area contributed by atoms with E-state index in [9.17, 15) is 4.79 Å². The fourth-order valence-electron chi connectivity index (χ4n) is 3.30.